The number of nitrogens with one attached hydrogen (secondary N) is 2. The number of amides is 2. The maximum Gasteiger partial charge on any atom is 0.258 e. The molecule has 0 radical (unpaired) electrons. The van der Waals surface area contributed by atoms with Gasteiger partial charge in [-0.2, -0.15) is 5.10 Å². The monoisotopic (exact) mass is 459 g/mol. The van der Waals surface area contributed by atoms with Gasteiger partial charge in [0.25, 0.3) is 5.91 Å². The van der Waals surface area contributed by atoms with Crippen LogP contribution < -0.4 is 21.3 Å². The van der Waals surface area contributed by atoms with Gasteiger partial charge in [-0.1, -0.05) is 19.9 Å². The van der Waals surface area contributed by atoms with Gasteiger partial charge in [0.1, 0.15) is 5.56 Å². The Labute approximate surface area is 195 Å². The standard InChI is InChI=1S/C24H37N5O4/c1-14(2)13-33-21-18(12-26-29(21)6-5-23(3,4)22(31)28-25)20(30)27-19-16-7-15-8-17(19)11-24(32,9-15)10-16/h5-6,12,14-17,19,32H,7-11,13,25H2,1-4H3,(H,27,30)(H,28,31)/b6-5+. The molecule has 4 bridgehead atoms. The number of ether oxygens (including phenoxy) is 1. The Morgan fingerprint density at radius 3 is 2.58 bits per heavy atom. The van der Waals surface area contributed by atoms with E-state index < -0.39 is 11.0 Å². The second kappa shape index (κ2) is 8.76. The van der Waals surface area contributed by atoms with Crippen LogP contribution in [0.25, 0.3) is 6.20 Å². The third-order valence-electron chi connectivity index (χ3n) is 7.44. The van der Waals surface area contributed by atoms with Crippen LogP contribution in [0.5, 0.6) is 5.88 Å². The first-order valence-electron chi connectivity index (χ1n) is 12.0. The summed E-state index contributed by atoms with van der Waals surface area (Å²) in [6.07, 6.45) is 9.39. The minimum absolute atomic E-state index is 0.0679. The molecular formula is C24H37N5O4. The second-order valence-corrected chi connectivity index (χ2v) is 11.2. The highest BCUT2D eigenvalue weighted by molar-refractivity contribution is 5.96. The Balaban J connectivity index is 1.54. The quantitative estimate of drug-likeness (QED) is 0.267. The second-order valence-electron chi connectivity index (χ2n) is 11.2. The smallest absolute Gasteiger partial charge is 0.258 e. The topological polar surface area (TPSA) is 132 Å². The number of hydrogen-bond donors (Lipinski definition) is 4. The summed E-state index contributed by atoms with van der Waals surface area (Å²) in [5.74, 6) is 6.55. The molecule has 33 heavy (non-hydrogen) atoms. The van der Waals surface area contributed by atoms with Crippen molar-refractivity contribution in [3.8, 4) is 5.88 Å². The molecule has 4 fully saturated rings. The first-order valence-corrected chi connectivity index (χ1v) is 12.0. The Kier molecular flexibility index (Phi) is 6.30. The summed E-state index contributed by atoms with van der Waals surface area (Å²) in [6, 6.07) is 0.0679. The van der Waals surface area contributed by atoms with E-state index in [2.05, 4.69) is 15.8 Å². The van der Waals surface area contributed by atoms with Crippen molar-refractivity contribution in [3.05, 3.63) is 17.8 Å². The summed E-state index contributed by atoms with van der Waals surface area (Å²) in [5.41, 5.74) is 1.13. The fourth-order valence-corrected chi connectivity index (χ4v) is 5.97. The van der Waals surface area contributed by atoms with Gasteiger partial charge in [-0.05, 0) is 69.6 Å². The van der Waals surface area contributed by atoms with Crippen molar-refractivity contribution < 1.29 is 19.4 Å². The molecule has 0 aliphatic heterocycles. The van der Waals surface area contributed by atoms with Crippen LogP contribution >= 0.6 is 0 Å². The number of nitrogens with zero attached hydrogens (tertiary/aromatic N) is 2. The molecule has 1 aromatic rings. The fourth-order valence-electron chi connectivity index (χ4n) is 5.97. The first kappa shape index (κ1) is 23.8. The first-order chi connectivity index (χ1) is 15.5. The van der Waals surface area contributed by atoms with E-state index >= 15 is 0 Å². The van der Waals surface area contributed by atoms with Crippen molar-refractivity contribution in [1.82, 2.24) is 20.5 Å². The molecule has 5 rings (SSSR count). The normalized spacial score (nSPS) is 30.8. The average Bonchev–Trinajstić information content (AvgIpc) is 3.14. The Morgan fingerprint density at radius 1 is 1.33 bits per heavy atom. The van der Waals surface area contributed by atoms with E-state index in [4.69, 9.17) is 10.6 Å². The molecule has 4 aliphatic rings. The van der Waals surface area contributed by atoms with Crippen LogP contribution in [0.2, 0.25) is 0 Å². The van der Waals surface area contributed by atoms with Crippen molar-refractivity contribution in [2.45, 2.75) is 71.4 Å². The van der Waals surface area contributed by atoms with Gasteiger partial charge in [-0.3, -0.25) is 15.0 Å². The van der Waals surface area contributed by atoms with Gasteiger partial charge < -0.3 is 15.2 Å². The summed E-state index contributed by atoms with van der Waals surface area (Å²) in [5, 5.41) is 18.4. The number of rotatable bonds is 8. The molecule has 9 nitrogen and oxygen atoms in total. The molecule has 2 atom stereocenters. The summed E-state index contributed by atoms with van der Waals surface area (Å²) in [6.45, 7) is 7.96. The minimum Gasteiger partial charge on any atom is -0.477 e. The average molecular weight is 460 g/mol. The van der Waals surface area contributed by atoms with Crippen LogP contribution in [0.15, 0.2) is 12.3 Å². The van der Waals surface area contributed by atoms with Gasteiger partial charge in [0.2, 0.25) is 11.8 Å². The van der Waals surface area contributed by atoms with Crippen molar-refractivity contribution >= 4 is 18.0 Å². The van der Waals surface area contributed by atoms with E-state index in [1.54, 1.807) is 26.1 Å². The third-order valence-corrected chi connectivity index (χ3v) is 7.44. The van der Waals surface area contributed by atoms with E-state index in [0.29, 0.717) is 35.8 Å². The number of aliphatic hydroxyl groups is 1. The zero-order valence-corrected chi connectivity index (χ0v) is 20.0. The molecule has 4 aliphatic carbocycles. The van der Waals surface area contributed by atoms with Gasteiger partial charge in [0, 0.05) is 12.2 Å². The minimum atomic E-state index is -0.862. The molecule has 1 heterocycles. The molecule has 2 unspecified atom stereocenters. The zero-order chi connectivity index (χ0) is 24.0. The number of aromatic nitrogens is 2. The van der Waals surface area contributed by atoms with Gasteiger partial charge in [-0.25, -0.2) is 10.5 Å². The zero-order valence-electron chi connectivity index (χ0n) is 20.0. The van der Waals surface area contributed by atoms with Crippen LogP contribution in [0.3, 0.4) is 0 Å². The lowest BCUT2D eigenvalue weighted by molar-refractivity contribution is -0.137. The van der Waals surface area contributed by atoms with E-state index in [0.717, 1.165) is 32.1 Å². The fraction of sp³-hybridized carbons (Fsp3) is 0.708. The summed E-state index contributed by atoms with van der Waals surface area (Å²) >= 11 is 0. The highest BCUT2D eigenvalue weighted by atomic mass is 16.5. The molecule has 0 spiro atoms. The summed E-state index contributed by atoms with van der Waals surface area (Å²) in [4.78, 5) is 25.3. The number of carbonyl (C=O) groups excluding carboxylic acids is 2. The lowest BCUT2D eigenvalue weighted by Gasteiger charge is -2.58. The maximum absolute atomic E-state index is 13.3. The number of hydrazine groups is 1. The number of carbonyl (C=O) groups is 2. The van der Waals surface area contributed by atoms with Crippen LogP contribution in [0.1, 0.15) is 70.2 Å². The van der Waals surface area contributed by atoms with Crippen molar-refractivity contribution in [1.29, 1.82) is 0 Å². The molecular weight excluding hydrogens is 422 g/mol. The van der Waals surface area contributed by atoms with Gasteiger partial charge in [0.15, 0.2) is 0 Å². The molecule has 1 aromatic heterocycles. The summed E-state index contributed by atoms with van der Waals surface area (Å²) < 4.78 is 7.48. The molecule has 9 heteroatoms. The maximum atomic E-state index is 13.3. The van der Waals surface area contributed by atoms with Crippen molar-refractivity contribution in [2.75, 3.05) is 6.61 Å². The molecule has 0 saturated heterocycles. The molecule has 0 aromatic carbocycles. The van der Waals surface area contributed by atoms with Crippen LogP contribution in [0, 0.1) is 29.1 Å². The van der Waals surface area contributed by atoms with Gasteiger partial charge >= 0.3 is 0 Å². The van der Waals surface area contributed by atoms with E-state index in [1.807, 2.05) is 13.8 Å². The highest BCUT2D eigenvalue weighted by Crippen LogP contribution is 2.55. The molecule has 182 valence electrons. The molecule has 4 saturated carbocycles. The third kappa shape index (κ3) is 4.80. The predicted molar refractivity (Wildman–Crippen MR) is 124 cm³/mol. The lowest BCUT2D eigenvalue weighted by Crippen LogP contribution is -2.61. The van der Waals surface area contributed by atoms with E-state index in [9.17, 15) is 14.7 Å². The van der Waals surface area contributed by atoms with Crippen molar-refractivity contribution in [2.24, 2.45) is 34.9 Å². The molecule has 5 N–H and O–H groups in total. The van der Waals surface area contributed by atoms with E-state index in [1.165, 1.54) is 10.9 Å². The van der Waals surface area contributed by atoms with Crippen LogP contribution in [-0.4, -0.2) is 45.0 Å². The highest BCUT2D eigenvalue weighted by Gasteiger charge is 2.55. The van der Waals surface area contributed by atoms with Gasteiger partial charge in [0.05, 0.1) is 23.8 Å². The Morgan fingerprint density at radius 2 is 2.00 bits per heavy atom. The largest absolute Gasteiger partial charge is 0.477 e. The van der Waals surface area contributed by atoms with Crippen molar-refractivity contribution in [3.63, 3.8) is 0 Å². The molecule has 2 amide bonds. The van der Waals surface area contributed by atoms with E-state index in [-0.39, 0.29) is 23.8 Å². The lowest BCUT2D eigenvalue weighted by atomic mass is 9.52. The predicted octanol–water partition coefficient (Wildman–Crippen LogP) is 2.07. The summed E-state index contributed by atoms with van der Waals surface area (Å²) in [7, 11) is 0. The Bertz CT molecular complexity index is 921. The SMILES string of the molecule is CC(C)COc1c(C(=O)NC2C3CC4CC2CC(O)(C4)C3)cnn1/C=C/C(C)(C)C(=O)NN. The Hall–Kier alpha value is -2.39. The number of hydrogen-bond acceptors (Lipinski definition) is 6. The van der Waals surface area contributed by atoms with Gasteiger partial charge in [-0.15, -0.1) is 0 Å². The number of nitrogens with two attached hydrogens (primary N) is 1. The van der Waals surface area contributed by atoms with Crippen LogP contribution in [0.4, 0.5) is 0 Å². The van der Waals surface area contributed by atoms with Crippen LogP contribution in [-0.2, 0) is 4.79 Å².